The van der Waals surface area contributed by atoms with Crippen LogP contribution in [0, 0.1) is 17.6 Å². The molecule has 0 saturated carbocycles. The van der Waals surface area contributed by atoms with Crippen LogP contribution in [-0.4, -0.2) is 18.9 Å². The fourth-order valence-corrected chi connectivity index (χ4v) is 4.19. The Kier molecular flexibility index (Phi) is 5.47. The van der Waals surface area contributed by atoms with Gasteiger partial charge in [-0.2, -0.15) is 0 Å². The first-order chi connectivity index (χ1) is 8.27. The third kappa shape index (κ3) is 3.86. The predicted molar refractivity (Wildman–Crippen MR) is 74.2 cm³/mol. The number of hydrogen-bond acceptors (Lipinski definition) is 2. The lowest BCUT2D eigenvalue weighted by Gasteiger charge is -2.19. The number of halogens is 3. The summed E-state index contributed by atoms with van der Waals surface area (Å²) in [5, 5.41) is 0. The minimum atomic E-state index is -3.82. The van der Waals surface area contributed by atoms with Gasteiger partial charge in [-0.1, -0.05) is 36.4 Å². The topological polar surface area (TPSA) is 46.2 Å². The van der Waals surface area contributed by atoms with Crippen LogP contribution in [0.15, 0.2) is 23.1 Å². The third-order valence-corrected chi connectivity index (χ3v) is 4.92. The van der Waals surface area contributed by atoms with Crippen molar-refractivity contribution in [1.29, 1.82) is 0 Å². The van der Waals surface area contributed by atoms with Gasteiger partial charge < -0.3 is 0 Å². The first kappa shape index (κ1) is 15.8. The highest BCUT2D eigenvalue weighted by Crippen LogP contribution is 2.16. The fourth-order valence-electron chi connectivity index (χ4n) is 1.26. The average molecular weight is 389 g/mol. The molecule has 1 aromatic carbocycles. The van der Waals surface area contributed by atoms with Crippen molar-refractivity contribution >= 4 is 32.6 Å². The van der Waals surface area contributed by atoms with Crippen LogP contribution >= 0.6 is 22.6 Å². The number of alkyl halides is 1. The summed E-state index contributed by atoms with van der Waals surface area (Å²) in [5.74, 6) is -2.13. The molecule has 0 aliphatic carbocycles. The summed E-state index contributed by atoms with van der Waals surface area (Å²) in [7, 11) is -3.82. The van der Waals surface area contributed by atoms with Crippen LogP contribution in [0.5, 0.6) is 0 Å². The molecule has 1 N–H and O–H groups in total. The van der Waals surface area contributed by atoms with E-state index >= 15 is 0 Å². The molecular formula is C11H14F2INO2S. The molecule has 0 bridgehead atoms. The summed E-state index contributed by atoms with van der Waals surface area (Å²) in [4.78, 5) is -0.267. The predicted octanol–water partition coefficient (Wildman–Crippen LogP) is 2.70. The molecule has 0 aliphatic rings. The van der Waals surface area contributed by atoms with Crippen molar-refractivity contribution in [3.63, 3.8) is 0 Å². The van der Waals surface area contributed by atoms with Gasteiger partial charge in [0.05, 0.1) is 4.90 Å². The Hall–Kier alpha value is -0.280. The highest BCUT2D eigenvalue weighted by Gasteiger charge is 2.22. The van der Waals surface area contributed by atoms with E-state index in [0.29, 0.717) is 10.5 Å². The Morgan fingerprint density at radius 1 is 1.28 bits per heavy atom. The van der Waals surface area contributed by atoms with Gasteiger partial charge in [0.15, 0.2) is 11.6 Å². The number of rotatable bonds is 5. The van der Waals surface area contributed by atoms with E-state index < -0.39 is 21.7 Å². The SMILES string of the molecule is CC(C)C(CI)NS(=O)(=O)c1ccc(F)c(F)c1. The van der Waals surface area contributed by atoms with Crippen LogP contribution in [0.3, 0.4) is 0 Å². The average Bonchev–Trinajstić information content (AvgIpc) is 2.29. The van der Waals surface area contributed by atoms with E-state index in [9.17, 15) is 17.2 Å². The van der Waals surface area contributed by atoms with Crippen LogP contribution in [0.25, 0.3) is 0 Å². The number of benzene rings is 1. The smallest absolute Gasteiger partial charge is 0.207 e. The molecule has 0 aliphatic heterocycles. The molecule has 3 nitrogen and oxygen atoms in total. The van der Waals surface area contributed by atoms with Crippen molar-refractivity contribution in [3.05, 3.63) is 29.8 Å². The molecule has 0 spiro atoms. The Morgan fingerprint density at radius 2 is 1.89 bits per heavy atom. The summed E-state index contributed by atoms with van der Waals surface area (Å²) in [6, 6.07) is 2.29. The molecule has 1 rings (SSSR count). The summed E-state index contributed by atoms with van der Waals surface area (Å²) in [5.41, 5.74) is 0. The zero-order chi connectivity index (χ0) is 13.9. The fraction of sp³-hybridized carbons (Fsp3) is 0.455. The van der Waals surface area contributed by atoms with E-state index in [2.05, 4.69) is 27.3 Å². The van der Waals surface area contributed by atoms with Crippen LogP contribution in [0.2, 0.25) is 0 Å². The first-order valence-corrected chi connectivity index (χ1v) is 8.32. The first-order valence-electron chi connectivity index (χ1n) is 5.31. The standard InChI is InChI=1S/C11H14F2INO2S/c1-7(2)11(6-14)15-18(16,17)8-3-4-9(12)10(13)5-8/h3-5,7,11,15H,6H2,1-2H3. The number of sulfonamides is 1. The second kappa shape index (κ2) is 6.25. The van der Waals surface area contributed by atoms with Gasteiger partial charge in [-0.05, 0) is 24.1 Å². The largest absolute Gasteiger partial charge is 0.240 e. The Bertz CT molecular complexity index is 520. The third-order valence-electron chi connectivity index (χ3n) is 2.48. The molecule has 0 heterocycles. The van der Waals surface area contributed by atoms with Crippen molar-refractivity contribution in [1.82, 2.24) is 4.72 Å². The van der Waals surface area contributed by atoms with Gasteiger partial charge in [0, 0.05) is 10.5 Å². The van der Waals surface area contributed by atoms with Crippen LogP contribution in [-0.2, 0) is 10.0 Å². The molecule has 0 fully saturated rings. The molecule has 1 aromatic rings. The second-order valence-electron chi connectivity index (χ2n) is 4.20. The van der Waals surface area contributed by atoms with Crippen LogP contribution in [0.1, 0.15) is 13.8 Å². The molecule has 18 heavy (non-hydrogen) atoms. The van der Waals surface area contributed by atoms with E-state index in [0.717, 1.165) is 12.1 Å². The Balaban J connectivity index is 3.02. The zero-order valence-corrected chi connectivity index (χ0v) is 12.9. The van der Waals surface area contributed by atoms with Crippen molar-refractivity contribution in [2.24, 2.45) is 5.92 Å². The maximum Gasteiger partial charge on any atom is 0.240 e. The number of nitrogens with one attached hydrogen (secondary N) is 1. The molecule has 1 unspecified atom stereocenters. The molecule has 102 valence electrons. The lowest BCUT2D eigenvalue weighted by atomic mass is 10.1. The monoisotopic (exact) mass is 389 g/mol. The van der Waals surface area contributed by atoms with Gasteiger partial charge in [0.1, 0.15) is 0 Å². The molecule has 0 amide bonds. The molecule has 0 aromatic heterocycles. The quantitative estimate of drug-likeness (QED) is 0.622. The molecule has 0 radical (unpaired) electrons. The van der Waals surface area contributed by atoms with Gasteiger partial charge in [0.2, 0.25) is 10.0 Å². The van der Waals surface area contributed by atoms with Crippen molar-refractivity contribution in [2.75, 3.05) is 4.43 Å². The van der Waals surface area contributed by atoms with E-state index in [1.165, 1.54) is 0 Å². The van der Waals surface area contributed by atoms with Crippen LogP contribution < -0.4 is 4.72 Å². The summed E-state index contributed by atoms with van der Waals surface area (Å²) in [6.07, 6.45) is 0. The lowest BCUT2D eigenvalue weighted by molar-refractivity contribution is 0.483. The molecule has 1 atom stereocenters. The van der Waals surface area contributed by atoms with E-state index in [1.54, 1.807) is 0 Å². The van der Waals surface area contributed by atoms with E-state index in [-0.39, 0.29) is 16.9 Å². The van der Waals surface area contributed by atoms with Crippen molar-refractivity contribution < 1.29 is 17.2 Å². The van der Waals surface area contributed by atoms with Gasteiger partial charge >= 0.3 is 0 Å². The van der Waals surface area contributed by atoms with Gasteiger partial charge in [-0.15, -0.1) is 0 Å². The summed E-state index contributed by atoms with van der Waals surface area (Å²) < 4.78 is 52.8. The van der Waals surface area contributed by atoms with Crippen molar-refractivity contribution in [2.45, 2.75) is 24.8 Å². The molecule has 7 heteroatoms. The van der Waals surface area contributed by atoms with Crippen molar-refractivity contribution in [3.8, 4) is 0 Å². The molecular weight excluding hydrogens is 375 g/mol. The Morgan fingerprint density at radius 3 is 2.33 bits per heavy atom. The minimum absolute atomic E-state index is 0.113. The maximum atomic E-state index is 13.0. The van der Waals surface area contributed by atoms with Crippen LogP contribution in [0.4, 0.5) is 8.78 Å². The summed E-state index contributed by atoms with van der Waals surface area (Å²) in [6.45, 7) is 3.77. The van der Waals surface area contributed by atoms with Gasteiger partial charge in [-0.3, -0.25) is 0 Å². The van der Waals surface area contributed by atoms with Gasteiger partial charge in [0.25, 0.3) is 0 Å². The number of hydrogen-bond donors (Lipinski definition) is 1. The summed E-state index contributed by atoms with van der Waals surface area (Å²) >= 11 is 2.08. The highest BCUT2D eigenvalue weighted by molar-refractivity contribution is 14.1. The second-order valence-corrected chi connectivity index (χ2v) is 6.80. The zero-order valence-electron chi connectivity index (χ0n) is 9.95. The van der Waals surface area contributed by atoms with Gasteiger partial charge in [-0.25, -0.2) is 21.9 Å². The maximum absolute atomic E-state index is 13.0. The Labute approximate surface area is 119 Å². The van der Waals surface area contributed by atoms with E-state index in [4.69, 9.17) is 0 Å². The minimum Gasteiger partial charge on any atom is -0.207 e. The lowest BCUT2D eigenvalue weighted by Crippen LogP contribution is -2.39. The highest BCUT2D eigenvalue weighted by atomic mass is 127. The molecule has 0 saturated heterocycles. The normalized spacial score (nSPS) is 13.9. The van der Waals surface area contributed by atoms with E-state index in [1.807, 2.05) is 13.8 Å².